The molecular formula is C23H35N5O6S. The molecule has 0 saturated carbocycles. The maximum atomic E-state index is 13.9. The second kappa shape index (κ2) is 9.38. The zero-order chi connectivity index (χ0) is 24.2. The molecule has 35 heavy (non-hydrogen) atoms. The Balaban J connectivity index is 1.10. The van der Waals surface area contributed by atoms with Gasteiger partial charge in [-0.15, -0.1) is 0 Å². The van der Waals surface area contributed by atoms with Crippen LogP contribution in [-0.4, -0.2) is 95.8 Å². The number of aliphatic hydroxyl groups excluding tert-OH is 1. The van der Waals surface area contributed by atoms with Crippen molar-refractivity contribution in [2.24, 2.45) is 0 Å². The first-order valence-corrected chi connectivity index (χ1v) is 14.3. The number of nitrogens with one attached hydrogen (secondary N) is 2. The Morgan fingerprint density at radius 2 is 1.57 bits per heavy atom. The topological polar surface area (TPSA) is 137 Å². The summed E-state index contributed by atoms with van der Waals surface area (Å²) in [5.74, 6) is 0.572. The second-order valence-corrected chi connectivity index (χ2v) is 12.5. The SMILES string of the molecule is O=C(NC1CC2CCC(C1)N2S(=O)(=O)N1C2CCC1CC(NCCO)C2)c1cc(C2COC2)on1. The van der Waals surface area contributed by atoms with Crippen molar-refractivity contribution in [3.8, 4) is 0 Å². The Morgan fingerprint density at radius 3 is 2.09 bits per heavy atom. The summed E-state index contributed by atoms with van der Waals surface area (Å²) >= 11 is 0. The van der Waals surface area contributed by atoms with E-state index in [9.17, 15) is 13.2 Å². The van der Waals surface area contributed by atoms with Crippen molar-refractivity contribution >= 4 is 16.1 Å². The Morgan fingerprint density at radius 1 is 1.00 bits per heavy atom. The number of fused-ring (bicyclic) bond motifs is 4. The normalized spacial score (nSPS) is 35.8. The Bertz CT molecular complexity index is 1020. The molecular weight excluding hydrogens is 474 g/mol. The fraction of sp³-hybridized carbons (Fsp3) is 0.826. The fourth-order valence-corrected chi connectivity index (χ4v) is 9.42. The van der Waals surface area contributed by atoms with Crippen LogP contribution in [0.5, 0.6) is 0 Å². The summed E-state index contributed by atoms with van der Waals surface area (Å²) in [6.07, 6.45) is 6.28. The number of carbonyl (C=O) groups is 1. The monoisotopic (exact) mass is 509 g/mol. The van der Waals surface area contributed by atoms with E-state index in [1.165, 1.54) is 0 Å². The van der Waals surface area contributed by atoms with Gasteiger partial charge in [-0.05, 0) is 51.4 Å². The summed E-state index contributed by atoms with van der Waals surface area (Å²) in [6.45, 7) is 1.82. The van der Waals surface area contributed by atoms with E-state index in [4.69, 9.17) is 14.4 Å². The number of nitrogens with zero attached hydrogens (tertiary/aromatic N) is 3. The van der Waals surface area contributed by atoms with Gasteiger partial charge in [0.2, 0.25) is 0 Å². The molecule has 5 fully saturated rings. The Kier molecular flexibility index (Phi) is 6.38. The van der Waals surface area contributed by atoms with Crippen molar-refractivity contribution in [2.75, 3.05) is 26.4 Å². The van der Waals surface area contributed by atoms with Crippen LogP contribution < -0.4 is 10.6 Å². The molecule has 6 heterocycles. The molecule has 0 spiro atoms. The minimum absolute atomic E-state index is 0.0224. The van der Waals surface area contributed by atoms with E-state index >= 15 is 0 Å². The molecule has 1 amide bonds. The van der Waals surface area contributed by atoms with Crippen LogP contribution in [0.1, 0.15) is 73.5 Å². The van der Waals surface area contributed by atoms with Crippen molar-refractivity contribution in [2.45, 2.75) is 93.5 Å². The van der Waals surface area contributed by atoms with E-state index in [0.717, 1.165) is 38.5 Å². The van der Waals surface area contributed by atoms with Gasteiger partial charge in [0.05, 0.1) is 25.7 Å². The van der Waals surface area contributed by atoms with Crippen molar-refractivity contribution in [1.29, 1.82) is 0 Å². The molecule has 194 valence electrons. The van der Waals surface area contributed by atoms with Crippen LogP contribution in [0.25, 0.3) is 0 Å². The zero-order valence-corrected chi connectivity index (χ0v) is 20.7. The standard InChI is InChI=1S/C23H35N5O6S/c29-6-5-24-15-7-17-1-2-18(8-15)27(17)35(31,32)28-19-3-4-20(28)10-16(9-19)25-23(30)21-11-22(34-26-21)14-12-33-13-14/h11,14-20,24,29H,1-10,12-13H2,(H,25,30). The van der Waals surface area contributed by atoms with Gasteiger partial charge in [-0.1, -0.05) is 5.16 Å². The van der Waals surface area contributed by atoms with Gasteiger partial charge in [-0.2, -0.15) is 17.0 Å². The van der Waals surface area contributed by atoms with Crippen molar-refractivity contribution in [1.82, 2.24) is 24.4 Å². The summed E-state index contributed by atoms with van der Waals surface area (Å²) in [6, 6.07) is 1.73. The van der Waals surface area contributed by atoms with Gasteiger partial charge < -0.3 is 25.0 Å². The number of rotatable bonds is 8. The molecule has 1 aromatic heterocycles. The van der Waals surface area contributed by atoms with Crippen LogP contribution in [0.2, 0.25) is 0 Å². The molecule has 6 rings (SSSR count). The highest BCUT2D eigenvalue weighted by Gasteiger charge is 2.54. The van der Waals surface area contributed by atoms with Gasteiger partial charge >= 0.3 is 0 Å². The molecule has 5 aliphatic heterocycles. The fourth-order valence-electron chi connectivity index (χ4n) is 6.93. The van der Waals surface area contributed by atoms with Gasteiger partial charge in [0, 0.05) is 48.9 Å². The summed E-state index contributed by atoms with van der Waals surface area (Å²) in [5.41, 5.74) is 0.267. The molecule has 0 radical (unpaired) electrons. The van der Waals surface area contributed by atoms with Crippen LogP contribution >= 0.6 is 0 Å². The van der Waals surface area contributed by atoms with E-state index < -0.39 is 10.2 Å². The molecule has 11 nitrogen and oxygen atoms in total. The van der Waals surface area contributed by atoms with Crippen LogP contribution in [0.4, 0.5) is 0 Å². The van der Waals surface area contributed by atoms with Crippen LogP contribution in [0.3, 0.4) is 0 Å². The average molecular weight is 510 g/mol. The van der Waals surface area contributed by atoms with E-state index in [1.54, 1.807) is 14.7 Å². The number of hydrogen-bond acceptors (Lipinski definition) is 8. The van der Waals surface area contributed by atoms with Crippen LogP contribution in [-0.2, 0) is 14.9 Å². The quantitative estimate of drug-likeness (QED) is 0.456. The number of piperidine rings is 2. The molecule has 4 unspecified atom stereocenters. The molecule has 4 bridgehead atoms. The van der Waals surface area contributed by atoms with E-state index in [2.05, 4.69) is 15.8 Å². The Hall–Kier alpha value is -1.57. The molecule has 0 aliphatic carbocycles. The largest absolute Gasteiger partial charge is 0.395 e. The summed E-state index contributed by atoms with van der Waals surface area (Å²) < 4.78 is 41.9. The van der Waals surface area contributed by atoms with Gasteiger partial charge in [0.1, 0.15) is 5.76 Å². The highest BCUT2D eigenvalue weighted by atomic mass is 32.2. The van der Waals surface area contributed by atoms with Gasteiger partial charge in [0.15, 0.2) is 5.69 Å². The first-order valence-electron chi connectivity index (χ1n) is 13.0. The van der Waals surface area contributed by atoms with E-state index in [0.29, 0.717) is 38.4 Å². The number of aromatic nitrogens is 1. The lowest BCUT2D eigenvalue weighted by atomic mass is 9.99. The molecule has 0 aromatic carbocycles. The maximum absolute atomic E-state index is 13.9. The van der Waals surface area contributed by atoms with Gasteiger partial charge in [0.25, 0.3) is 16.1 Å². The minimum Gasteiger partial charge on any atom is -0.395 e. The third-order valence-corrected chi connectivity index (χ3v) is 10.8. The number of ether oxygens (including phenoxy) is 1. The number of aliphatic hydroxyl groups is 1. The summed E-state index contributed by atoms with van der Waals surface area (Å²) in [4.78, 5) is 12.8. The average Bonchev–Trinajstić information content (AvgIpc) is 3.46. The third-order valence-electron chi connectivity index (χ3n) is 8.55. The lowest BCUT2D eigenvalue weighted by molar-refractivity contribution is -0.00228. The molecule has 5 saturated heterocycles. The van der Waals surface area contributed by atoms with E-state index in [1.807, 2.05) is 0 Å². The second-order valence-electron chi connectivity index (χ2n) is 10.8. The lowest BCUT2D eigenvalue weighted by Gasteiger charge is -2.45. The zero-order valence-electron chi connectivity index (χ0n) is 19.8. The molecule has 3 N–H and O–H groups in total. The molecule has 12 heteroatoms. The third kappa shape index (κ3) is 4.31. The van der Waals surface area contributed by atoms with E-state index in [-0.39, 0.29) is 60.4 Å². The molecule has 4 atom stereocenters. The van der Waals surface area contributed by atoms with Crippen LogP contribution in [0, 0.1) is 0 Å². The summed E-state index contributed by atoms with van der Waals surface area (Å²) in [7, 11) is -3.57. The number of hydrogen-bond donors (Lipinski definition) is 3. The highest BCUT2D eigenvalue weighted by Crippen LogP contribution is 2.44. The minimum atomic E-state index is -3.57. The van der Waals surface area contributed by atoms with Crippen molar-refractivity contribution in [3.05, 3.63) is 17.5 Å². The molecule has 1 aromatic rings. The lowest BCUT2D eigenvalue weighted by Crippen LogP contribution is -2.60. The van der Waals surface area contributed by atoms with Gasteiger partial charge in [-0.3, -0.25) is 4.79 Å². The predicted octanol–water partition coefficient (Wildman–Crippen LogP) is 0.336. The summed E-state index contributed by atoms with van der Waals surface area (Å²) in [5, 5.41) is 19.5. The Labute approximate surface area is 205 Å². The van der Waals surface area contributed by atoms with Crippen molar-refractivity contribution in [3.63, 3.8) is 0 Å². The van der Waals surface area contributed by atoms with Crippen molar-refractivity contribution < 1.29 is 27.6 Å². The van der Waals surface area contributed by atoms with Gasteiger partial charge in [-0.25, -0.2) is 0 Å². The predicted molar refractivity (Wildman–Crippen MR) is 125 cm³/mol. The number of carbonyl (C=O) groups excluding carboxylic acids is 1. The number of amides is 1. The van der Waals surface area contributed by atoms with Crippen LogP contribution in [0.15, 0.2) is 10.6 Å². The molecule has 5 aliphatic rings. The first-order chi connectivity index (χ1) is 16.9. The first kappa shape index (κ1) is 23.8. The smallest absolute Gasteiger partial charge is 0.283 e. The highest BCUT2D eigenvalue weighted by molar-refractivity contribution is 7.86. The maximum Gasteiger partial charge on any atom is 0.283 e.